The first-order valence-electron chi connectivity index (χ1n) is 6.73. The second-order valence-electron chi connectivity index (χ2n) is 5.42. The van der Waals surface area contributed by atoms with Crippen LogP contribution in [0.25, 0.3) is 0 Å². The van der Waals surface area contributed by atoms with Gasteiger partial charge in [-0.15, -0.1) is 0 Å². The maximum absolute atomic E-state index is 12.6. The molecule has 1 aliphatic heterocycles. The second kappa shape index (κ2) is 5.52. The SMILES string of the molecule is O=S(=O)(CC1CCOC1)N(Cc1ccsc1)C1CC1. The Kier molecular flexibility index (Phi) is 3.93. The van der Waals surface area contributed by atoms with E-state index in [2.05, 4.69) is 0 Å². The molecule has 1 saturated heterocycles. The van der Waals surface area contributed by atoms with Crippen molar-refractivity contribution in [2.45, 2.75) is 31.8 Å². The van der Waals surface area contributed by atoms with Crippen LogP contribution >= 0.6 is 11.3 Å². The van der Waals surface area contributed by atoms with Crippen molar-refractivity contribution in [1.82, 2.24) is 4.31 Å². The van der Waals surface area contributed by atoms with Gasteiger partial charge in [0, 0.05) is 19.2 Å². The fourth-order valence-corrected chi connectivity index (χ4v) is 5.21. The zero-order valence-electron chi connectivity index (χ0n) is 10.8. The summed E-state index contributed by atoms with van der Waals surface area (Å²) >= 11 is 1.62. The van der Waals surface area contributed by atoms with Crippen LogP contribution in [0, 0.1) is 5.92 Å². The van der Waals surface area contributed by atoms with Gasteiger partial charge in [-0.05, 0) is 47.6 Å². The van der Waals surface area contributed by atoms with Crippen molar-refractivity contribution in [1.29, 1.82) is 0 Å². The Morgan fingerprint density at radius 1 is 1.37 bits per heavy atom. The number of thiophene rings is 1. The van der Waals surface area contributed by atoms with Crippen molar-refractivity contribution in [2.24, 2.45) is 5.92 Å². The lowest BCUT2D eigenvalue weighted by atomic mass is 10.2. The summed E-state index contributed by atoms with van der Waals surface area (Å²) < 4.78 is 32.1. The predicted octanol–water partition coefficient (Wildman–Crippen LogP) is 2.08. The molecule has 1 atom stereocenters. The van der Waals surface area contributed by atoms with Crippen LogP contribution in [0.3, 0.4) is 0 Å². The molecule has 1 unspecified atom stereocenters. The zero-order valence-corrected chi connectivity index (χ0v) is 12.5. The molecule has 2 fully saturated rings. The number of rotatable bonds is 6. The van der Waals surface area contributed by atoms with Gasteiger partial charge in [0.05, 0.1) is 12.4 Å². The van der Waals surface area contributed by atoms with Crippen LogP contribution in [0.2, 0.25) is 0 Å². The Labute approximate surface area is 118 Å². The molecule has 0 spiro atoms. The van der Waals surface area contributed by atoms with E-state index in [0.717, 1.165) is 24.8 Å². The van der Waals surface area contributed by atoms with E-state index in [1.165, 1.54) is 0 Å². The molecule has 0 bridgehead atoms. The summed E-state index contributed by atoms with van der Waals surface area (Å²) in [5, 5.41) is 4.03. The minimum atomic E-state index is -3.16. The summed E-state index contributed by atoms with van der Waals surface area (Å²) in [6.45, 7) is 1.83. The minimum absolute atomic E-state index is 0.175. The van der Waals surface area contributed by atoms with Crippen molar-refractivity contribution in [2.75, 3.05) is 19.0 Å². The molecule has 1 aliphatic carbocycles. The normalized spacial score (nSPS) is 24.2. The molecule has 0 radical (unpaired) electrons. The van der Waals surface area contributed by atoms with Crippen molar-refractivity contribution < 1.29 is 13.2 Å². The highest BCUT2D eigenvalue weighted by Gasteiger charge is 2.38. The van der Waals surface area contributed by atoms with E-state index in [9.17, 15) is 8.42 Å². The first kappa shape index (κ1) is 13.5. The van der Waals surface area contributed by atoms with Gasteiger partial charge in [0.1, 0.15) is 0 Å². The van der Waals surface area contributed by atoms with Gasteiger partial charge in [0.15, 0.2) is 0 Å². The van der Waals surface area contributed by atoms with Crippen LogP contribution in [0.1, 0.15) is 24.8 Å². The van der Waals surface area contributed by atoms with Gasteiger partial charge in [0.25, 0.3) is 0 Å². The van der Waals surface area contributed by atoms with Crippen LogP contribution in [0.4, 0.5) is 0 Å². The van der Waals surface area contributed by atoms with Gasteiger partial charge in [0.2, 0.25) is 10.0 Å². The molecule has 0 aromatic carbocycles. The molecule has 0 N–H and O–H groups in total. The van der Waals surface area contributed by atoms with E-state index >= 15 is 0 Å². The Morgan fingerprint density at radius 3 is 2.79 bits per heavy atom. The van der Waals surface area contributed by atoms with Crippen LogP contribution in [-0.4, -0.2) is 37.7 Å². The van der Waals surface area contributed by atoms with Gasteiger partial charge < -0.3 is 4.74 Å². The second-order valence-corrected chi connectivity index (χ2v) is 8.16. The first-order chi connectivity index (χ1) is 9.15. The fourth-order valence-electron chi connectivity index (χ4n) is 2.49. The van der Waals surface area contributed by atoms with Crippen LogP contribution < -0.4 is 0 Å². The van der Waals surface area contributed by atoms with Gasteiger partial charge in [-0.25, -0.2) is 8.42 Å². The van der Waals surface area contributed by atoms with Crippen LogP contribution in [-0.2, 0) is 21.3 Å². The molecular formula is C13H19NO3S2. The third kappa shape index (κ3) is 3.37. The Balaban J connectivity index is 1.71. The quantitative estimate of drug-likeness (QED) is 0.808. The molecule has 6 heteroatoms. The maximum Gasteiger partial charge on any atom is 0.215 e. The Hall–Kier alpha value is -0.430. The highest BCUT2D eigenvalue weighted by atomic mass is 32.2. The fraction of sp³-hybridized carbons (Fsp3) is 0.692. The summed E-state index contributed by atoms with van der Waals surface area (Å²) in [7, 11) is -3.16. The van der Waals surface area contributed by atoms with Gasteiger partial charge in [-0.2, -0.15) is 15.6 Å². The van der Waals surface area contributed by atoms with E-state index < -0.39 is 10.0 Å². The summed E-state index contributed by atoms with van der Waals surface area (Å²) in [6, 6.07) is 2.24. The summed E-state index contributed by atoms with van der Waals surface area (Å²) in [5.74, 6) is 0.418. The maximum atomic E-state index is 12.6. The van der Waals surface area contributed by atoms with E-state index in [0.29, 0.717) is 19.8 Å². The lowest BCUT2D eigenvalue weighted by Gasteiger charge is -2.23. The molecule has 2 aliphatic rings. The van der Waals surface area contributed by atoms with E-state index in [4.69, 9.17) is 4.74 Å². The van der Waals surface area contributed by atoms with Gasteiger partial charge in [-0.1, -0.05) is 0 Å². The average Bonchev–Trinajstić information content (AvgIpc) is 2.87. The molecule has 0 amide bonds. The lowest BCUT2D eigenvalue weighted by Crippen LogP contribution is -2.36. The van der Waals surface area contributed by atoms with E-state index in [-0.39, 0.29) is 17.7 Å². The molecule has 3 rings (SSSR count). The monoisotopic (exact) mass is 301 g/mol. The van der Waals surface area contributed by atoms with E-state index in [1.807, 2.05) is 16.8 Å². The number of ether oxygens (including phenoxy) is 1. The number of nitrogens with zero attached hydrogens (tertiary/aromatic N) is 1. The molecule has 19 heavy (non-hydrogen) atoms. The smallest absolute Gasteiger partial charge is 0.215 e. The highest BCUT2D eigenvalue weighted by Crippen LogP contribution is 2.32. The molecule has 106 valence electrons. The van der Waals surface area contributed by atoms with Crippen molar-refractivity contribution >= 4 is 21.4 Å². The Morgan fingerprint density at radius 2 is 2.21 bits per heavy atom. The minimum Gasteiger partial charge on any atom is -0.381 e. The topological polar surface area (TPSA) is 46.6 Å². The zero-order chi connectivity index (χ0) is 13.3. The molecule has 1 aromatic rings. The lowest BCUT2D eigenvalue weighted by molar-refractivity contribution is 0.188. The third-order valence-corrected chi connectivity index (χ3v) is 6.47. The average molecular weight is 301 g/mol. The molecule has 4 nitrogen and oxygen atoms in total. The van der Waals surface area contributed by atoms with Crippen molar-refractivity contribution in [3.8, 4) is 0 Å². The summed E-state index contributed by atoms with van der Waals surface area (Å²) in [6.07, 6.45) is 2.88. The number of hydrogen-bond donors (Lipinski definition) is 0. The number of sulfonamides is 1. The predicted molar refractivity (Wildman–Crippen MR) is 75.6 cm³/mol. The molecule has 2 heterocycles. The third-order valence-electron chi connectivity index (χ3n) is 3.70. The summed E-state index contributed by atoms with van der Waals surface area (Å²) in [4.78, 5) is 0. The Bertz CT molecular complexity index is 502. The van der Waals surface area contributed by atoms with Crippen molar-refractivity contribution in [3.63, 3.8) is 0 Å². The van der Waals surface area contributed by atoms with E-state index in [1.54, 1.807) is 15.6 Å². The van der Waals surface area contributed by atoms with Crippen LogP contribution in [0.5, 0.6) is 0 Å². The molecule has 1 aromatic heterocycles. The highest BCUT2D eigenvalue weighted by molar-refractivity contribution is 7.89. The van der Waals surface area contributed by atoms with Gasteiger partial charge >= 0.3 is 0 Å². The van der Waals surface area contributed by atoms with Crippen LogP contribution in [0.15, 0.2) is 16.8 Å². The largest absolute Gasteiger partial charge is 0.381 e. The van der Waals surface area contributed by atoms with Crippen molar-refractivity contribution in [3.05, 3.63) is 22.4 Å². The summed E-state index contributed by atoms with van der Waals surface area (Å²) in [5.41, 5.74) is 1.10. The first-order valence-corrected chi connectivity index (χ1v) is 9.29. The van der Waals surface area contributed by atoms with Gasteiger partial charge in [-0.3, -0.25) is 0 Å². The molecule has 1 saturated carbocycles. The standard InChI is InChI=1S/C13H19NO3S2/c15-19(16,10-12-3-5-17-8-12)14(13-1-2-13)7-11-4-6-18-9-11/h4,6,9,12-13H,1-3,5,7-8,10H2. The number of hydrogen-bond acceptors (Lipinski definition) is 4. The molecular weight excluding hydrogens is 282 g/mol.